The summed E-state index contributed by atoms with van der Waals surface area (Å²) in [5, 5.41) is 34.5. The van der Waals surface area contributed by atoms with E-state index in [0.717, 1.165) is 19.3 Å². The normalized spacial score (nSPS) is 55.4. The Morgan fingerprint density at radius 3 is 2.69 bits per heavy atom. The molecule has 0 radical (unpaired) electrons. The van der Waals surface area contributed by atoms with Gasteiger partial charge in [-0.1, -0.05) is 19.9 Å². The minimum atomic E-state index is -2.17. The van der Waals surface area contributed by atoms with Gasteiger partial charge in [-0.05, 0) is 37.2 Å². The van der Waals surface area contributed by atoms with Crippen LogP contribution >= 0.6 is 0 Å². The van der Waals surface area contributed by atoms with Crippen molar-refractivity contribution in [2.45, 2.75) is 63.9 Å². The number of hydrogen-bond acceptors (Lipinski definition) is 7. The molecule has 3 N–H and O–H groups in total. The summed E-state index contributed by atoms with van der Waals surface area (Å²) in [6.07, 6.45) is 1.15. The zero-order valence-corrected chi connectivity index (χ0v) is 17.0. The number of rotatable bonds is 2. The van der Waals surface area contributed by atoms with Gasteiger partial charge < -0.3 is 24.8 Å². The molecule has 6 rings (SSSR count). The summed E-state index contributed by atoms with van der Waals surface area (Å²) in [5.74, 6) is -4.02. The largest absolute Gasteiger partial charge is 0.465 e. The third-order valence-corrected chi connectivity index (χ3v) is 9.21. The Morgan fingerprint density at radius 2 is 2.00 bits per heavy atom. The van der Waals surface area contributed by atoms with E-state index in [-0.39, 0.29) is 30.9 Å². The first-order valence-electron chi connectivity index (χ1n) is 10.7. The highest BCUT2D eigenvalue weighted by Gasteiger charge is 2.85. The van der Waals surface area contributed by atoms with Crippen LogP contribution in [0.1, 0.15) is 46.0 Å². The summed E-state index contributed by atoms with van der Waals surface area (Å²) in [6, 6.07) is 0. The molecule has 4 saturated carbocycles. The average Bonchev–Trinajstić information content (AvgIpc) is 2.77. The summed E-state index contributed by atoms with van der Waals surface area (Å²) in [5.41, 5.74) is -2.35. The van der Waals surface area contributed by atoms with E-state index in [1.165, 1.54) is 6.92 Å². The first kappa shape index (κ1) is 19.7. The molecular weight excluding hydrogens is 376 g/mol. The van der Waals surface area contributed by atoms with Crippen LogP contribution in [0.15, 0.2) is 12.2 Å². The Balaban J connectivity index is 1.68. The molecule has 2 saturated heterocycles. The first-order valence-corrected chi connectivity index (χ1v) is 10.7. The van der Waals surface area contributed by atoms with Crippen molar-refractivity contribution in [1.29, 1.82) is 0 Å². The second-order valence-corrected chi connectivity index (χ2v) is 10.3. The van der Waals surface area contributed by atoms with Gasteiger partial charge in [0.2, 0.25) is 5.79 Å². The van der Waals surface area contributed by atoms with Gasteiger partial charge in [0.25, 0.3) is 0 Å². The molecule has 2 unspecified atom stereocenters. The SMILES string of the molecule is C=C1C(=O)C23[C@H](O)[C@H]1CC[C@H]2C12CCC[C@@](C)(COC(C)=O)[C@H]1[C@@H](O)[C@@]3(O)OC2. The Labute approximate surface area is 170 Å². The fourth-order valence-electron chi connectivity index (χ4n) is 8.24. The molecule has 6 aliphatic rings. The highest BCUT2D eigenvalue weighted by Crippen LogP contribution is 2.76. The maximum Gasteiger partial charge on any atom is 0.302 e. The van der Waals surface area contributed by atoms with E-state index in [1.807, 2.05) is 6.92 Å². The number of fused-ring (bicyclic) bond motifs is 2. The lowest BCUT2D eigenvalue weighted by Gasteiger charge is -2.74. The van der Waals surface area contributed by atoms with Gasteiger partial charge in [0.1, 0.15) is 11.5 Å². The van der Waals surface area contributed by atoms with Crippen LogP contribution in [-0.2, 0) is 19.1 Å². The molecular formula is C22H30O7. The van der Waals surface area contributed by atoms with E-state index in [2.05, 4.69) is 6.58 Å². The third kappa shape index (κ3) is 1.94. The van der Waals surface area contributed by atoms with Crippen LogP contribution in [0.3, 0.4) is 0 Å². The van der Waals surface area contributed by atoms with Gasteiger partial charge in [-0.25, -0.2) is 0 Å². The molecule has 2 heterocycles. The van der Waals surface area contributed by atoms with Crippen molar-refractivity contribution in [2.24, 2.45) is 34.0 Å². The lowest BCUT2D eigenvalue weighted by atomic mass is 9.36. The van der Waals surface area contributed by atoms with E-state index < -0.39 is 46.1 Å². The number of Topliss-reactive ketones (excluding diaryl/α,β-unsaturated/α-hetero) is 1. The number of ether oxygens (including phenoxy) is 2. The van der Waals surface area contributed by atoms with Gasteiger partial charge in [-0.2, -0.15) is 0 Å². The number of hydrogen-bond donors (Lipinski definition) is 3. The molecule has 29 heavy (non-hydrogen) atoms. The van der Waals surface area contributed by atoms with Crippen molar-refractivity contribution >= 4 is 11.8 Å². The summed E-state index contributed by atoms with van der Waals surface area (Å²) < 4.78 is 11.3. The second-order valence-electron chi connectivity index (χ2n) is 10.3. The predicted molar refractivity (Wildman–Crippen MR) is 100 cm³/mol. The van der Waals surface area contributed by atoms with Crippen molar-refractivity contribution in [3.8, 4) is 0 Å². The van der Waals surface area contributed by atoms with Gasteiger partial charge >= 0.3 is 5.97 Å². The van der Waals surface area contributed by atoms with Crippen LogP contribution in [0.25, 0.3) is 0 Å². The van der Waals surface area contributed by atoms with Crippen molar-refractivity contribution in [1.82, 2.24) is 0 Å². The Hall–Kier alpha value is -1.28. The number of ketones is 1. The summed E-state index contributed by atoms with van der Waals surface area (Å²) in [6.45, 7) is 7.63. The minimum absolute atomic E-state index is 0.146. The summed E-state index contributed by atoms with van der Waals surface area (Å²) in [4.78, 5) is 25.0. The Kier molecular flexibility index (Phi) is 3.86. The number of aliphatic hydroxyl groups excluding tert-OH is 2. The van der Waals surface area contributed by atoms with E-state index in [4.69, 9.17) is 9.47 Å². The van der Waals surface area contributed by atoms with Crippen LogP contribution < -0.4 is 0 Å². The van der Waals surface area contributed by atoms with Gasteiger partial charge in [-0.15, -0.1) is 0 Å². The van der Waals surface area contributed by atoms with Gasteiger partial charge in [0.15, 0.2) is 5.78 Å². The van der Waals surface area contributed by atoms with Crippen molar-refractivity contribution in [3.63, 3.8) is 0 Å². The molecule has 160 valence electrons. The first-order chi connectivity index (χ1) is 13.6. The smallest absolute Gasteiger partial charge is 0.302 e. The van der Waals surface area contributed by atoms with Crippen LogP contribution in [0.4, 0.5) is 0 Å². The maximum absolute atomic E-state index is 13.5. The van der Waals surface area contributed by atoms with Crippen LogP contribution in [0.2, 0.25) is 0 Å². The van der Waals surface area contributed by atoms with E-state index in [1.54, 1.807) is 0 Å². The van der Waals surface area contributed by atoms with Gasteiger partial charge in [-0.3, -0.25) is 9.59 Å². The summed E-state index contributed by atoms with van der Waals surface area (Å²) >= 11 is 0. The molecule has 6 fully saturated rings. The topological polar surface area (TPSA) is 113 Å². The zero-order chi connectivity index (χ0) is 21.0. The molecule has 4 bridgehead atoms. The number of carbonyl (C=O) groups excluding carboxylic acids is 2. The molecule has 7 heteroatoms. The summed E-state index contributed by atoms with van der Waals surface area (Å²) in [7, 11) is 0. The molecule has 7 nitrogen and oxygen atoms in total. The molecule has 0 aromatic rings. The monoisotopic (exact) mass is 406 g/mol. The molecule has 0 aromatic carbocycles. The van der Waals surface area contributed by atoms with Crippen molar-refractivity contribution < 1.29 is 34.4 Å². The lowest BCUT2D eigenvalue weighted by molar-refractivity contribution is -0.450. The van der Waals surface area contributed by atoms with Crippen LogP contribution in [-0.4, -0.2) is 58.3 Å². The lowest BCUT2D eigenvalue weighted by Crippen LogP contribution is -2.84. The zero-order valence-electron chi connectivity index (χ0n) is 17.0. The maximum atomic E-state index is 13.5. The molecule has 2 spiro atoms. The van der Waals surface area contributed by atoms with E-state index in [9.17, 15) is 24.9 Å². The molecule has 2 aliphatic heterocycles. The Bertz CT molecular complexity index is 809. The second kappa shape index (κ2) is 5.69. The van der Waals surface area contributed by atoms with E-state index in [0.29, 0.717) is 18.4 Å². The van der Waals surface area contributed by atoms with Gasteiger partial charge in [0.05, 0.1) is 19.3 Å². The highest BCUT2D eigenvalue weighted by molar-refractivity contribution is 6.05. The molecule has 0 aromatic heterocycles. The van der Waals surface area contributed by atoms with Crippen LogP contribution in [0.5, 0.6) is 0 Å². The minimum Gasteiger partial charge on any atom is -0.465 e. The van der Waals surface area contributed by atoms with Gasteiger partial charge in [0, 0.05) is 29.6 Å². The molecule has 0 amide bonds. The average molecular weight is 406 g/mol. The third-order valence-electron chi connectivity index (χ3n) is 9.21. The van der Waals surface area contributed by atoms with Crippen LogP contribution in [0, 0.1) is 34.0 Å². The fourth-order valence-corrected chi connectivity index (χ4v) is 8.24. The van der Waals surface area contributed by atoms with E-state index >= 15 is 0 Å². The highest BCUT2D eigenvalue weighted by atomic mass is 16.6. The number of carbonyl (C=O) groups is 2. The number of esters is 1. The quantitative estimate of drug-likeness (QED) is 0.462. The van der Waals surface area contributed by atoms with Crippen molar-refractivity contribution in [2.75, 3.05) is 13.2 Å². The molecule has 4 aliphatic carbocycles. The molecule has 9 atom stereocenters. The Morgan fingerprint density at radius 1 is 1.28 bits per heavy atom. The number of aliphatic hydroxyl groups is 3. The van der Waals surface area contributed by atoms with Crippen molar-refractivity contribution in [3.05, 3.63) is 12.2 Å². The fraction of sp³-hybridized carbons (Fsp3) is 0.818. The predicted octanol–water partition coefficient (Wildman–Crippen LogP) is 0.948. The standard InChI is InChI=1S/C22H30O7/c1-11-13-5-6-14-20-8-4-7-19(3,9-28-12(2)23)15(20)18(26)22(27,29-10-20)21(14,16(11)24)17(13)25/h13-15,17-18,25-27H,1,4-10H2,2-3H3/t13-,14-,15+,17+,18+,19-,20?,21?,22+/m0/s1.